The van der Waals surface area contributed by atoms with Crippen LogP contribution in [0.5, 0.6) is 0 Å². The molecule has 2 N–H and O–H groups in total. The average molecular weight is 383 g/mol. The lowest BCUT2D eigenvalue weighted by molar-refractivity contribution is 0.364. The van der Waals surface area contributed by atoms with Crippen LogP contribution in [0.25, 0.3) is 11.3 Å². The van der Waals surface area contributed by atoms with Gasteiger partial charge in [-0.15, -0.1) is 0 Å². The van der Waals surface area contributed by atoms with Crippen molar-refractivity contribution in [1.82, 2.24) is 4.98 Å². The van der Waals surface area contributed by atoms with E-state index in [0.29, 0.717) is 18.8 Å². The Bertz CT molecular complexity index is 820. The molecule has 2 heterocycles. The number of aryl methyl sites for hydroxylation is 1. The second kappa shape index (κ2) is 9.09. The molecule has 1 aromatic heterocycles. The molecule has 1 fully saturated rings. The average Bonchev–Trinajstić information content (AvgIpc) is 3.12. The van der Waals surface area contributed by atoms with E-state index in [0.717, 1.165) is 60.7 Å². The Kier molecular flexibility index (Phi) is 6.55. The third kappa shape index (κ3) is 4.64. The van der Waals surface area contributed by atoms with Crippen molar-refractivity contribution >= 4 is 11.5 Å². The van der Waals surface area contributed by atoms with E-state index in [4.69, 9.17) is 10.7 Å². The van der Waals surface area contributed by atoms with Gasteiger partial charge in [-0.25, -0.2) is 9.37 Å². The van der Waals surface area contributed by atoms with E-state index in [1.807, 2.05) is 36.1 Å². The van der Waals surface area contributed by atoms with E-state index in [-0.39, 0.29) is 0 Å². The minimum Gasteiger partial charge on any atom is -0.386 e. The van der Waals surface area contributed by atoms with Gasteiger partial charge in [0.25, 0.3) is 0 Å². The van der Waals surface area contributed by atoms with Crippen molar-refractivity contribution in [3.05, 3.63) is 54.4 Å². The van der Waals surface area contributed by atoms with Gasteiger partial charge in [-0.1, -0.05) is 44.5 Å². The highest BCUT2D eigenvalue weighted by Crippen LogP contribution is 2.29. The Morgan fingerprint density at radius 1 is 1.32 bits per heavy atom. The van der Waals surface area contributed by atoms with E-state index in [1.54, 1.807) is 0 Å². The Hall–Kier alpha value is -2.56. The van der Waals surface area contributed by atoms with Crippen LogP contribution < -0.4 is 15.5 Å². The van der Waals surface area contributed by atoms with E-state index in [2.05, 4.69) is 30.5 Å². The van der Waals surface area contributed by atoms with Crippen LogP contribution in [-0.2, 0) is 0 Å². The van der Waals surface area contributed by atoms with Crippen molar-refractivity contribution in [2.24, 2.45) is 5.73 Å². The maximum atomic E-state index is 13.6. The summed E-state index contributed by atoms with van der Waals surface area (Å²) in [6.07, 6.45) is 3.21. The molecule has 0 spiro atoms. The van der Waals surface area contributed by atoms with Crippen LogP contribution in [0, 0.1) is 6.92 Å². The zero-order valence-corrected chi connectivity index (χ0v) is 17.0. The summed E-state index contributed by atoms with van der Waals surface area (Å²) in [7, 11) is 0. The van der Waals surface area contributed by atoms with Gasteiger partial charge in [-0.2, -0.15) is 0 Å². The van der Waals surface area contributed by atoms with Crippen molar-refractivity contribution < 1.29 is 4.39 Å². The molecule has 0 amide bonds. The first-order chi connectivity index (χ1) is 13.5. The highest BCUT2D eigenvalue weighted by atomic mass is 19.1. The van der Waals surface area contributed by atoms with Gasteiger partial charge in [0.15, 0.2) is 0 Å². The van der Waals surface area contributed by atoms with Gasteiger partial charge in [0.2, 0.25) is 0 Å². The number of benzene rings is 1. The largest absolute Gasteiger partial charge is 0.386 e. The third-order valence-corrected chi connectivity index (χ3v) is 5.30. The summed E-state index contributed by atoms with van der Waals surface area (Å²) in [5, 5.41) is 0. The van der Waals surface area contributed by atoms with Crippen LogP contribution in [0.2, 0.25) is 0 Å². The first-order valence-electron chi connectivity index (χ1n) is 10.2. The molecule has 0 saturated carbocycles. The number of anilines is 2. The molecule has 150 valence electrons. The lowest BCUT2D eigenvalue weighted by Crippen LogP contribution is -2.29. The second-order valence-corrected chi connectivity index (χ2v) is 7.57. The van der Waals surface area contributed by atoms with Gasteiger partial charge in [-0.3, -0.25) is 0 Å². The van der Waals surface area contributed by atoms with Crippen LogP contribution in [0.15, 0.2) is 48.8 Å². The quantitative estimate of drug-likeness (QED) is 0.650. The molecule has 1 unspecified atom stereocenters. The molecule has 1 aromatic carbocycles. The zero-order valence-electron chi connectivity index (χ0n) is 17.0. The van der Waals surface area contributed by atoms with E-state index < -0.39 is 6.17 Å². The fourth-order valence-corrected chi connectivity index (χ4v) is 3.67. The molecule has 0 radical (unpaired) electrons. The van der Waals surface area contributed by atoms with Crippen molar-refractivity contribution in [1.29, 1.82) is 0 Å². The Labute approximate surface area is 167 Å². The van der Waals surface area contributed by atoms with E-state index >= 15 is 0 Å². The molecule has 2 aromatic rings. The predicted molar refractivity (Wildman–Crippen MR) is 116 cm³/mol. The SMILES string of the molecule is C=C(N)N(CCCCC)c1nc(-c2cccc(N3CCC(F)C3)c2)ccc1C. The lowest BCUT2D eigenvalue weighted by atomic mass is 10.1. The molecule has 5 heteroatoms. The molecule has 4 nitrogen and oxygen atoms in total. The topological polar surface area (TPSA) is 45.4 Å². The Morgan fingerprint density at radius 2 is 2.14 bits per heavy atom. The molecule has 28 heavy (non-hydrogen) atoms. The summed E-state index contributed by atoms with van der Waals surface area (Å²) in [5.74, 6) is 1.38. The smallest absolute Gasteiger partial charge is 0.137 e. The van der Waals surface area contributed by atoms with Crippen molar-refractivity contribution in [3.8, 4) is 11.3 Å². The number of halogens is 1. The van der Waals surface area contributed by atoms with Gasteiger partial charge in [0, 0.05) is 30.9 Å². The van der Waals surface area contributed by atoms with Crippen molar-refractivity contribution in [2.75, 3.05) is 29.4 Å². The molecule has 1 atom stereocenters. The lowest BCUT2D eigenvalue weighted by Gasteiger charge is -2.25. The maximum Gasteiger partial charge on any atom is 0.137 e. The van der Waals surface area contributed by atoms with Crippen LogP contribution in [0.1, 0.15) is 38.2 Å². The van der Waals surface area contributed by atoms with Gasteiger partial charge < -0.3 is 15.5 Å². The molecule has 1 aliphatic rings. The fraction of sp³-hybridized carbons (Fsp3) is 0.435. The predicted octanol–water partition coefficient (Wildman–Crippen LogP) is 5.03. The number of alkyl halides is 1. The summed E-state index contributed by atoms with van der Waals surface area (Å²) in [6.45, 7) is 10.2. The Balaban J connectivity index is 1.89. The molecular weight excluding hydrogens is 351 g/mol. The first-order valence-corrected chi connectivity index (χ1v) is 10.2. The van der Waals surface area contributed by atoms with Crippen LogP contribution >= 0.6 is 0 Å². The highest BCUT2D eigenvalue weighted by Gasteiger charge is 2.22. The number of rotatable bonds is 8. The number of nitrogens with two attached hydrogens (primary N) is 1. The number of hydrogen-bond donors (Lipinski definition) is 1. The minimum absolute atomic E-state index is 0.467. The maximum absolute atomic E-state index is 13.6. The summed E-state index contributed by atoms with van der Waals surface area (Å²) < 4.78 is 13.6. The summed E-state index contributed by atoms with van der Waals surface area (Å²) in [6, 6.07) is 12.3. The number of hydrogen-bond acceptors (Lipinski definition) is 4. The van der Waals surface area contributed by atoms with Crippen LogP contribution in [-0.4, -0.2) is 30.8 Å². The number of nitrogens with zero attached hydrogens (tertiary/aromatic N) is 3. The molecule has 1 saturated heterocycles. The number of unbranched alkanes of at least 4 members (excludes halogenated alkanes) is 2. The normalized spacial score (nSPS) is 16.4. The van der Waals surface area contributed by atoms with Gasteiger partial charge in [0.05, 0.1) is 11.5 Å². The second-order valence-electron chi connectivity index (χ2n) is 7.57. The molecule has 1 aliphatic heterocycles. The summed E-state index contributed by atoms with van der Waals surface area (Å²) in [4.78, 5) is 9.02. The summed E-state index contributed by atoms with van der Waals surface area (Å²) in [5.41, 5.74) is 10.1. The third-order valence-electron chi connectivity index (χ3n) is 5.30. The molecule has 0 aliphatic carbocycles. The van der Waals surface area contributed by atoms with Crippen LogP contribution in [0.3, 0.4) is 0 Å². The van der Waals surface area contributed by atoms with Gasteiger partial charge >= 0.3 is 0 Å². The molecule has 0 bridgehead atoms. The zero-order chi connectivity index (χ0) is 20.1. The van der Waals surface area contributed by atoms with Gasteiger partial charge in [-0.05, 0) is 43.5 Å². The summed E-state index contributed by atoms with van der Waals surface area (Å²) >= 11 is 0. The van der Waals surface area contributed by atoms with Gasteiger partial charge in [0.1, 0.15) is 12.0 Å². The van der Waals surface area contributed by atoms with Crippen molar-refractivity contribution in [3.63, 3.8) is 0 Å². The molecular formula is C23H31FN4. The van der Waals surface area contributed by atoms with Crippen LogP contribution in [0.4, 0.5) is 15.9 Å². The van der Waals surface area contributed by atoms with E-state index in [9.17, 15) is 4.39 Å². The number of aromatic nitrogens is 1. The standard InChI is InChI=1S/C23H31FN4/c1-4-5-6-13-28(18(3)25)23-17(2)10-11-22(26-23)19-8-7-9-21(15-19)27-14-12-20(24)16-27/h7-11,15,20H,3-6,12-14,16,25H2,1-2H3. The molecule has 3 rings (SSSR count). The van der Waals surface area contributed by atoms with E-state index in [1.165, 1.54) is 0 Å². The van der Waals surface area contributed by atoms with Crippen molar-refractivity contribution in [2.45, 2.75) is 45.7 Å². The monoisotopic (exact) mass is 382 g/mol. The Morgan fingerprint density at radius 3 is 2.82 bits per heavy atom. The fourth-order valence-electron chi connectivity index (χ4n) is 3.67. The number of pyridine rings is 1. The minimum atomic E-state index is -0.736. The highest BCUT2D eigenvalue weighted by molar-refractivity contribution is 5.68. The first kappa shape index (κ1) is 20.2.